The number of rotatable bonds is 2. The molecule has 0 aliphatic heterocycles. The van der Waals surface area contributed by atoms with E-state index in [1.165, 1.54) is 0 Å². The quantitative estimate of drug-likeness (QED) is 0.489. The summed E-state index contributed by atoms with van der Waals surface area (Å²) in [6, 6.07) is 0. The molecule has 0 aromatic carbocycles. The van der Waals surface area contributed by atoms with Crippen molar-refractivity contribution in [3.05, 3.63) is 0 Å². The Morgan fingerprint density at radius 2 is 2.00 bits per heavy atom. The van der Waals surface area contributed by atoms with Gasteiger partial charge in [-0.15, -0.1) is 12.3 Å². The minimum absolute atomic E-state index is 0.181. The van der Waals surface area contributed by atoms with Gasteiger partial charge in [0.1, 0.15) is 0 Å². The van der Waals surface area contributed by atoms with Crippen LogP contribution in [0, 0.1) is 18.3 Å². The third kappa shape index (κ3) is 1.99. The van der Waals surface area contributed by atoms with Gasteiger partial charge in [0.25, 0.3) is 0 Å². The van der Waals surface area contributed by atoms with E-state index in [0.29, 0.717) is 0 Å². The van der Waals surface area contributed by atoms with E-state index >= 15 is 0 Å². The Bertz CT molecular complexity index is 91.1. The minimum atomic E-state index is 0.181. The van der Waals surface area contributed by atoms with Gasteiger partial charge in [-0.25, -0.2) is 0 Å². The lowest BCUT2D eigenvalue weighted by Gasteiger charge is -2.10. The van der Waals surface area contributed by atoms with Crippen molar-refractivity contribution < 1.29 is 4.74 Å². The van der Waals surface area contributed by atoms with Crippen LogP contribution in [0.25, 0.3) is 0 Å². The van der Waals surface area contributed by atoms with Crippen LogP contribution in [0.4, 0.5) is 0 Å². The second-order valence-corrected chi connectivity index (χ2v) is 1.90. The van der Waals surface area contributed by atoms with Crippen LogP contribution in [0.15, 0.2) is 0 Å². The van der Waals surface area contributed by atoms with Crippen LogP contribution >= 0.6 is 0 Å². The molecule has 0 rings (SSSR count). The summed E-state index contributed by atoms with van der Waals surface area (Å²) >= 11 is 0. The van der Waals surface area contributed by atoms with E-state index in [9.17, 15) is 0 Å². The van der Waals surface area contributed by atoms with E-state index in [1.807, 2.05) is 13.8 Å². The molecule has 0 saturated carbocycles. The fourth-order valence-corrected chi connectivity index (χ4v) is 0.340. The Kier molecular flexibility index (Phi) is 3.30. The average Bonchev–Trinajstić information content (AvgIpc) is 1.84. The molecule has 0 saturated heterocycles. The second kappa shape index (κ2) is 3.51. The van der Waals surface area contributed by atoms with E-state index in [-0.39, 0.29) is 12.0 Å². The van der Waals surface area contributed by atoms with Gasteiger partial charge in [-0.05, 0) is 13.8 Å². The molecule has 2 atom stereocenters. The van der Waals surface area contributed by atoms with E-state index in [1.54, 1.807) is 7.11 Å². The van der Waals surface area contributed by atoms with Crippen LogP contribution in [-0.4, -0.2) is 13.2 Å². The van der Waals surface area contributed by atoms with E-state index in [0.717, 1.165) is 0 Å². The zero-order valence-electron chi connectivity index (χ0n) is 5.64. The van der Waals surface area contributed by atoms with Gasteiger partial charge in [-0.2, -0.15) is 0 Å². The summed E-state index contributed by atoms with van der Waals surface area (Å²) in [5, 5.41) is 0. The van der Waals surface area contributed by atoms with Gasteiger partial charge in [-0.3, -0.25) is 0 Å². The third-order valence-corrected chi connectivity index (χ3v) is 1.34. The molecule has 46 valence electrons. The van der Waals surface area contributed by atoms with Gasteiger partial charge in [0.2, 0.25) is 0 Å². The first-order chi connectivity index (χ1) is 3.72. The standard InChI is InChI=1S/C7H12O/c1-5-6(2)7(3)8-4/h1,6-7H,2-4H3. The highest BCUT2D eigenvalue weighted by Crippen LogP contribution is 2.02. The van der Waals surface area contributed by atoms with Gasteiger partial charge in [0.05, 0.1) is 6.10 Å². The SMILES string of the molecule is C#CC(C)C(C)OC. The molecule has 0 bridgehead atoms. The third-order valence-electron chi connectivity index (χ3n) is 1.34. The van der Waals surface area contributed by atoms with Crippen LogP contribution in [0.1, 0.15) is 13.8 Å². The fraction of sp³-hybridized carbons (Fsp3) is 0.714. The average molecular weight is 112 g/mol. The molecule has 0 aromatic heterocycles. The van der Waals surface area contributed by atoms with Crippen molar-refractivity contribution in [2.45, 2.75) is 20.0 Å². The first kappa shape index (κ1) is 7.52. The molecule has 0 aliphatic carbocycles. The summed E-state index contributed by atoms with van der Waals surface area (Å²) in [6.07, 6.45) is 5.30. The summed E-state index contributed by atoms with van der Waals surface area (Å²) in [5.41, 5.74) is 0. The number of ether oxygens (including phenoxy) is 1. The fourth-order valence-electron chi connectivity index (χ4n) is 0.340. The Hall–Kier alpha value is -0.480. The molecular weight excluding hydrogens is 100 g/mol. The lowest BCUT2D eigenvalue weighted by Crippen LogP contribution is -2.13. The molecule has 0 N–H and O–H groups in total. The summed E-state index contributed by atoms with van der Waals surface area (Å²) in [7, 11) is 1.67. The lowest BCUT2D eigenvalue weighted by molar-refractivity contribution is 0.0928. The zero-order valence-corrected chi connectivity index (χ0v) is 5.64. The summed E-state index contributed by atoms with van der Waals surface area (Å²) < 4.78 is 4.96. The van der Waals surface area contributed by atoms with Gasteiger partial charge in [-0.1, -0.05) is 0 Å². The van der Waals surface area contributed by atoms with Gasteiger partial charge >= 0.3 is 0 Å². The first-order valence-corrected chi connectivity index (χ1v) is 2.71. The highest BCUT2D eigenvalue weighted by atomic mass is 16.5. The molecule has 2 unspecified atom stereocenters. The Balaban J connectivity index is 3.49. The predicted molar refractivity (Wildman–Crippen MR) is 34.5 cm³/mol. The molecule has 1 nitrogen and oxygen atoms in total. The van der Waals surface area contributed by atoms with Gasteiger partial charge in [0, 0.05) is 13.0 Å². The van der Waals surface area contributed by atoms with Crippen LogP contribution in [-0.2, 0) is 4.74 Å². The molecule has 0 aromatic rings. The molecule has 0 fully saturated rings. The van der Waals surface area contributed by atoms with Gasteiger partial charge in [0.15, 0.2) is 0 Å². The summed E-state index contributed by atoms with van der Waals surface area (Å²) in [4.78, 5) is 0. The predicted octanol–water partition coefficient (Wildman–Crippen LogP) is 1.29. The summed E-state index contributed by atoms with van der Waals surface area (Å²) in [5.74, 6) is 2.81. The second-order valence-electron chi connectivity index (χ2n) is 1.90. The van der Waals surface area contributed by atoms with Crippen molar-refractivity contribution in [2.75, 3.05) is 7.11 Å². The van der Waals surface area contributed by atoms with Crippen molar-refractivity contribution in [1.29, 1.82) is 0 Å². The largest absolute Gasteiger partial charge is 0.380 e. The maximum Gasteiger partial charge on any atom is 0.0677 e. The number of methoxy groups -OCH3 is 1. The molecule has 0 heterocycles. The van der Waals surface area contributed by atoms with Crippen molar-refractivity contribution in [1.82, 2.24) is 0 Å². The topological polar surface area (TPSA) is 9.23 Å². The zero-order chi connectivity index (χ0) is 6.57. The van der Waals surface area contributed by atoms with Gasteiger partial charge < -0.3 is 4.74 Å². The minimum Gasteiger partial charge on any atom is -0.380 e. The smallest absolute Gasteiger partial charge is 0.0677 e. The molecule has 0 amide bonds. The molecule has 1 heteroatoms. The highest BCUT2D eigenvalue weighted by molar-refractivity contribution is 4.93. The van der Waals surface area contributed by atoms with Crippen molar-refractivity contribution in [3.63, 3.8) is 0 Å². The van der Waals surface area contributed by atoms with Crippen LogP contribution in [0.3, 0.4) is 0 Å². The number of hydrogen-bond acceptors (Lipinski definition) is 1. The Labute approximate surface area is 51.0 Å². The van der Waals surface area contributed by atoms with E-state index in [2.05, 4.69) is 5.92 Å². The van der Waals surface area contributed by atoms with E-state index < -0.39 is 0 Å². The van der Waals surface area contributed by atoms with Crippen molar-refractivity contribution in [2.24, 2.45) is 5.92 Å². The number of terminal acetylenes is 1. The maximum absolute atomic E-state index is 5.12. The molecule has 0 aliphatic rings. The summed E-state index contributed by atoms with van der Waals surface area (Å²) in [6.45, 7) is 3.93. The number of hydrogen-bond donors (Lipinski definition) is 0. The Morgan fingerprint density at radius 3 is 2.12 bits per heavy atom. The van der Waals surface area contributed by atoms with Crippen molar-refractivity contribution >= 4 is 0 Å². The molecule has 0 radical (unpaired) electrons. The van der Waals surface area contributed by atoms with Crippen LogP contribution in [0.2, 0.25) is 0 Å². The molecule has 0 spiro atoms. The lowest BCUT2D eigenvalue weighted by atomic mass is 10.1. The first-order valence-electron chi connectivity index (χ1n) is 2.71. The van der Waals surface area contributed by atoms with Crippen molar-refractivity contribution in [3.8, 4) is 12.3 Å². The monoisotopic (exact) mass is 112 g/mol. The molecule has 8 heavy (non-hydrogen) atoms. The molecular formula is C7H12O. The maximum atomic E-state index is 5.12. The normalized spacial score (nSPS) is 16.8. The Morgan fingerprint density at radius 1 is 1.50 bits per heavy atom. The van der Waals surface area contributed by atoms with E-state index in [4.69, 9.17) is 11.2 Å². The van der Waals surface area contributed by atoms with Crippen LogP contribution < -0.4 is 0 Å². The highest BCUT2D eigenvalue weighted by Gasteiger charge is 2.05. The van der Waals surface area contributed by atoms with Crippen LogP contribution in [0.5, 0.6) is 0 Å².